The summed E-state index contributed by atoms with van der Waals surface area (Å²) in [6, 6.07) is 9.52. The Bertz CT molecular complexity index is 464. The van der Waals surface area contributed by atoms with Crippen LogP contribution in [0.15, 0.2) is 48.6 Å². The normalized spacial score (nSPS) is 10.8. The number of hydrogen-bond donors (Lipinski definition) is 1. The molecule has 3 nitrogen and oxygen atoms in total. The summed E-state index contributed by atoms with van der Waals surface area (Å²) in [7, 11) is 0. The van der Waals surface area contributed by atoms with E-state index >= 15 is 0 Å². The number of aliphatic carboxylic acids is 1. The van der Waals surface area contributed by atoms with Crippen molar-refractivity contribution < 1.29 is 9.90 Å². The first-order valence-corrected chi connectivity index (χ1v) is 5.27. The smallest absolute Gasteiger partial charge is 0.328 e. The van der Waals surface area contributed by atoms with Crippen LogP contribution in [0.25, 0.3) is 0 Å². The Morgan fingerprint density at radius 1 is 1.29 bits per heavy atom. The third-order valence-corrected chi connectivity index (χ3v) is 2.17. The van der Waals surface area contributed by atoms with Crippen molar-refractivity contribution in [3.63, 3.8) is 0 Å². The van der Waals surface area contributed by atoms with Crippen LogP contribution >= 0.6 is 0 Å². The van der Waals surface area contributed by atoms with Gasteiger partial charge in [-0.3, -0.25) is 0 Å². The number of aryl methyl sites for hydroxylation is 1. The van der Waals surface area contributed by atoms with E-state index in [0.717, 1.165) is 24.5 Å². The van der Waals surface area contributed by atoms with Crippen molar-refractivity contribution in [1.29, 1.82) is 5.26 Å². The van der Waals surface area contributed by atoms with Gasteiger partial charge in [0.1, 0.15) is 0 Å². The number of rotatable bonds is 5. The molecule has 0 bridgehead atoms. The first kappa shape index (κ1) is 12.7. The van der Waals surface area contributed by atoms with Crippen molar-refractivity contribution in [2.75, 3.05) is 0 Å². The first-order valence-electron chi connectivity index (χ1n) is 5.27. The zero-order valence-corrected chi connectivity index (χ0v) is 9.34. The third kappa shape index (κ3) is 5.33. The molecule has 0 aromatic heterocycles. The van der Waals surface area contributed by atoms with Crippen molar-refractivity contribution in [3.05, 3.63) is 59.7 Å². The summed E-state index contributed by atoms with van der Waals surface area (Å²) < 4.78 is 0. The molecule has 0 saturated carbocycles. The van der Waals surface area contributed by atoms with E-state index < -0.39 is 5.97 Å². The van der Waals surface area contributed by atoms with Crippen molar-refractivity contribution in [3.8, 4) is 6.07 Å². The molecule has 0 saturated heterocycles. The van der Waals surface area contributed by atoms with Crippen molar-refractivity contribution in [2.45, 2.75) is 12.8 Å². The molecule has 0 atom stereocenters. The number of carbonyl (C=O) groups is 1. The second-order valence-corrected chi connectivity index (χ2v) is 3.47. The monoisotopic (exact) mass is 227 g/mol. The second-order valence-electron chi connectivity index (χ2n) is 3.47. The zero-order chi connectivity index (χ0) is 12.5. The SMILES string of the molecule is N#Cc1ccc(CC/C=C/C=C/C(=O)O)cc1. The van der Waals surface area contributed by atoms with Crippen LogP contribution in [0.1, 0.15) is 17.5 Å². The minimum atomic E-state index is -0.943. The van der Waals surface area contributed by atoms with Gasteiger partial charge < -0.3 is 5.11 Å². The molecule has 17 heavy (non-hydrogen) atoms. The van der Waals surface area contributed by atoms with Gasteiger partial charge in [-0.05, 0) is 30.5 Å². The maximum Gasteiger partial charge on any atom is 0.328 e. The van der Waals surface area contributed by atoms with Crippen molar-refractivity contribution in [1.82, 2.24) is 0 Å². The highest BCUT2D eigenvalue weighted by molar-refractivity contribution is 5.80. The van der Waals surface area contributed by atoms with Gasteiger partial charge in [-0.2, -0.15) is 5.26 Å². The van der Waals surface area contributed by atoms with Crippen LogP contribution in [0, 0.1) is 11.3 Å². The Balaban J connectivity index is 2.36. The molecule has 0 spiro atoms. The van der Waals surface area contributed by atoms with Crippen molar-refractivity contribution >= 4 is 5.97 Å². The number of carboxylic acids is 1. The molecule has 1 N–H and O–H groups in total. The van der Waals surface area contributed by atoms with E-state index in [4.69, 9.17) is 10.4 Å². The molecule has 1 rings (SSSR count). The summed E-state index contributed by atoms with van der Waals surface area (Å²) in [4.78, 5) is 10.2. The minimum Gasteiger partial charge on any atom is -0.478 e. The van der Waals surface area contributed by atoms with Gasteiger partial charge in [0.2, 0.25) is 0 Å². The molecule has 86 valence electrons. The highest BCUT2D eigenvalue weighted by Gasteiger charge is 1.92. The highest BCUT2D eigenvalue weighted by Crippen LogP contribution is 2.06. The van der Waals surface area contributed by atoms with E-state index in [1.807, 2.05) is 18.2 Å². The summed E-state index contributed by atoms with van der Waals surface area (Å²) in [5.41, 5.74) is 1.82. The van der Waals surface area contributed by atoms with Gasteiger partial charge in [0.25, 0.3) is 0 Å². The van der Waals surface area contributed by atoms with Gasteiger partial charge in [-0.1, -0.05) is 30.4 Å². The van der Waals surface area contributed by atoms with Crippen LogP contribution in [0.4, 0.5) is 0 Å². The first-order chi connectivity index (χ1) is 8.22. The largest absolute Gasteiger partial charge is 0.478 e. The lowest BCUT2D eigenvalue weighted by Crippen LogP contribution is -1.85. The summed E-state index contributed by atoms with van der Waals surface area (Å²) in [6.07, 6.45) is 7.95. The Morgan fingerprint density at radius 3 is 2.59 bits per heavy atom. The standard InChI is InChI=1S/C14H13NO2/c15-11-13-9-7-12(8-10-13)5-3-1-2-4-6-14(16)17/h1-2,4,6-10H,3,5H2,(H,16,17)/b2-1+,6-4+. The maximum atomic E-state index is 10.2. The topological polar surface area (TPSA) is 61.1 Å². The quantitative estimate of drug-likeness (QED) is 0.621. The Labute approximate surface area is 100 Å². The maximum absolute atomic E-state index is 10.2. The summed E-state index contributed by atoms with van der Waals surface area (Å²) in [5, 5.41) is 17.0. The van der Waals surface area contributed by atoms with Gasteiger partial charge >= 0.3 is 5.97 Å². The summed E-state index contributed by atoms with van der Waals surface area (Å²) >= 11 is 0. The van der Waals surface area contributed by atoms with Crippen LogP contribution in [-0.4, -0.2) is 11.1 Å². The fourth-order valence-electron chi connectivity index (χ4n) is 1.31. The Kier molecular flexibility index (Phi) is 5.26. The highest BCUT2D eigenvalue weighted by atomic mass is 16.4. The molecule has 0 radical (unpaired) electrons. The molecule has 0 fully saturated rings. The van der Waals surface area contributed by atoms with Gasteiger partial charge in [0.15, 0.2) is 0 Å². The fraction of sp³-hybridized carbons (Fsp3) is 0.143. The second kappa shape index (κ2) is 7.02. The summed E-state index contributed by atoms with van der Waals surface area (Å²) in [5.74, 6) is -0.943. The average Bonchev–Trinajstić information content (AvgIpc) is 2.34. The number of benzene rings is 1. The molecular weight excluding hydrogens is 214 g/mol. The van der Waals surface area contributed by atoms with Gasteiger partial charge in [0.05, 0.1) is 11.6 Å². The lowest BCUT2D eigenvalue weighted by Gasteiger charge is -1.97. The van der Waals surface area contributed by atoms with Crippen molar-refractivity contribution in [2.24, 2.45) is 0 Å². The van der Waals surface area contributed by atoms with E-state index in [-0.39, 0.29) is 0 Å². The molecule has 0 aliphatic rings. The van der Waals surface area contributed by atoms with Crippen LogP contribution in [0.2, 0.25) is 0 Å². The predicted molar refractivity (Wildman–Crippen MR) is 65.4 cm³/mol. The molecule has 0 unspecified atom stereocenters. The molecule has 3 heteroatoms. The van der Waals surface area contributed by atoms with Gasteiger partial charge in [-0.25, -0.2) is 4.79 Å². The predicted octanol–water partition coefficient (Wildman–Crippen LogP) is 2.69. The average molecular weight is 227 g/mol. The molecule has 1 aromatic carbocycles. The zero-order valence-electron chi connectivity index (χ0n) is 9.34. The Morgan fingerprint density at radius 2 is 2.00 bits per heavy atom. The lowest BCUT2D eigenvalue weighted by atomic mass is 10.1. The number of nitriles is 1. The van der Waals surface area contributed by atoms with Gasteiger partial charge in [-0.15, -0.1) is 0 Å². The van der Waals surface area contributed by atoms with E-state index in [1.165, 1.54) is 6.08 Å². The van der Waals surface area contributed by atoms with Crippen LogP contribution in [-0.2, 0) is 11.2 Å². The Hall–Kier alpha value is -2.34. The van der Waals surface area contributed by atoms with E-state index in [0.29, 0.717) is 5.56 Å². The number of hydrogen-bond acceptors (Lipinski definition) is 2. The van der Waals surface area contributed by atoms with Crippen LogP contribution < -0.4 is 0 Å². The minimum absolute atomic E-state index is 0.661. The molecule has 0 aliphatic heterocycles. The fourth-order valence-corrected chi connectivity index (χ4v) is 1.31. The van der Waals surface area contributed by atoms with Gasteiger partial charge in [0, 0.05) is 6.08 Å². The molecule has 0 heterocycles. The molecule has 0 aliphatic carbocycles. The molecule has 1 aromatic rings. The summed E-state index contributed by atoms with van der Waals surface area (Å²) in [6.45, 7) is 0. The van der Waals surface area contributed by atoms with E-state index in [1.54, 1.807) is 18.2 Å². The van der Waals surface area contributed by atoms with E-state index in [2.05, 4.69) is 6.07 Å². The third-order valence-electron chi connectivity index (χ3n) is 2.17. The number of carboxylic acid groups (broad SMARTS) is 1. The number of nitrogens with zero attached hydrogens (tertiary/aromatic N) is 1. The molecule has 0 amide bonds. The van der Waals surface area contributed by atoms with Crippen LogP contribution in [0.5, 0.6) is 0 Å². The van der Waals surface area contributed by atoms with Crippen LogP contribution in [0.3, 0.4) is 0 Å². The lowest BCUT2D eigenvalue weighted by molar-refractivity contribution is -0.131. The molecular formula is C14H13NO2. The van der Waals surface area contributed by atoms with E-state index in [9.17, 15) is 4.79 Å². The number of allylic oxidation sites excluding steroid dienone is 3.